The highest BCUT2D eigenvalue weighted by molar-refractivity contribution is 5.84. The fraction of sp³-hybridized carbons (Fsp3) is 0.400. The van der Waals surface area contributed by atoms with Crippen LogP contribution in [0.1, 0.15) is 35.8 Å². The first-order valence-electron chi connectivity index (χ1n) is 7.15. The molecule has 0 bridgehead atoms. The van der Waals surface area contributed by atoms with E-state index in [9.17, 15) is 4.79 Å². The van der Waals surface area contributed by atoms with Crippen molar-refractivity contribution in [3.8, 4) is 0 Å². The Kier molecular flexibility index (Phi) is 5.31. The fourth-order valence-corrected chi connectivity index (χ4v) is 1.99. The summed E-state index contributed by atoms with van der Waals surface area (Å²) in [6.45, 7) is 3.42. The largest absolute Gasteiger partial charge is 0.476 e. The predicted molar refractivity (Wildman–Crippen MR) is 80.5 cm³/mol. The molecule has 6 nitrogen and oxygen atoms in total. The molecule has 0 aliphatic heterocycles. The molecule has 0 fully saturated rings. The molecule has 1 heterocycles. The predicted octanol–water partition coefficient (Wildman–Crippen LogP) is 2.43. The molecule has 21 heavy (non-hydrogen) atoms. The minimum atomic E-state index is -1.06. The van der Waals surface area contributed by atoms with Crippen LogP contribution < -0.4 is 5.32 Å². The summed E-state index contributed by atoms with van der Waals surface area (Å²) in [6, 6.07) is 8.40. The molecule has 1 aromatic carbocycles. The zero-order valence-electron chi connectivity index (χ0n) is 12.1. The molecular weight excluding hydrogens is 268 g/mol. The summed E-state index contributed by atoms with van der Waals surface area (Å²) in [7, 11) is 0. The van der Waals surface area contributed by atoms with E-state index in [0.29, 0.717) is 13.1 Å². The fourth-order valence-electron chi connectivity index (χ4n) is 1.99. The smallest absolute Gasteiger partial charge is 0.358 e. The number of hydrogen-bond acceptors (Lipinski definition) is 4. The Labute approximate surface area is 123 Å². The number of nitrogens with zero attached hydrogens (tertiary/aromatic N) is 3. The standard InChI is InChI=1S/C15H20N4O2/c1-2-3-4-12-5-7-13(8-6-12)16-9-10-19-11-14(15(20)21)17-18-19/h5-8,11,16H,2-4,9-10H2,1H3,(H,20,21). The van der Waals surface area contributed by atoms with Gasteiger partial charge in [0.15, 0.2) is 5.69 Å². The van der Waals surface area contributed by atoms with Gasteiger partial charge in [-0.25, -0.2) is 9.48 Å². The third kappa shape index (κ3) is 4.59. The minimum absolute atomic E-state index is 0.0322. The molecule has 0 atom stereocenters. The number of aromatic nitrogens is 3. The van der Waals surface area contributed by atoms with Gasteiger partial charge in [0, 0.05) is 12.2 Å². The van der Waals surface area contributed by atoms with Gasteiger partial charge in [-0.15, -0.1) is 5.10 Å². The van der Waals surface area contributed by atoms with Crippen molar-refractivity contribution in [2.75, 3.05) is 11.9 Å². The second-order valence-corrected chi connectivity index (χ2v) is 4.90. The summed E-state index contributed by atoms with van der Waals surface area (Å²) >= 11 is 0. The summed E-state index contributed by atoms with van der Waals surface area (Å²) in [5, 5.41) is 19.4. The van der Waals surface area contributed by atoms with Crippen molar-refractivity contribution >= 4 is 11.7 Å². The first-order valence-corrected chi connectivity index (χ1v) is 7.15. The van der Waals surface area contributed by atoms with E-state index in [1.165, 1.54) is 29.3 Å². The van der Waals surface area contributed by atoms with E-state index in [0.717, 1.165) is 12.1 Å². The van der Waals surface area contributed by atoms with Crippen LogP contribution in [-0.2, 0) is 13.0 Å². The van der Waals surface area contributed by atoms with Crippen LogP contribution in [0, 0.1) is 0 Å². The van der Waals surface area contributed by atoms with Gasteiger partial charge in [-0.3, -0.25) is 0 Å². The SMILES string of the molecule is CCCCc1ccc(NCCn2cc(C(=O)O)nn2)cc1. The molecule has 0 spiro atoms. The zero-order valence-corrected chi connectivity index (χ0v) is 12.1. The van der Waals surface area contributed by atoms with Crippen LogP contribution in [0.25, 0.3) is 0 Å². The van der Waals surface area contributed by atoms with Crippen LogP contribution >= 0.6 is 0 Å². The number of benzene rings is 1. The molecule has 2 N–H and O–H groups in total. The Morgan fingerprint density at radius 1 is 1.33 bits per heavy atom. The maximum Gasteiger partial charge on any atom is 0.358 e. The second kappa shape index (κ2) is 7.42. The van der Waals surface area contributed by atoms with Crippen LogP contribution in [0.2, 0.25) is 0 Å². The number of nitrogens with one attached hydrogen (secondary N) is 1. The zero-order chi connectivity index (χ0) is 15.1. The lowest BCUT2D eigenvalue weighted by atomic mass is 10.1. The van der Waals surface area contributed by atoms with Crippen LogP contribution in [0.3, 0.4) is 0 Å². The van der Waals surface area contributed by atoms with Gasteiger partial charge < -0.3 is 10.4 Å². The van der Waals surface area contributed by atoms with Crippen LogP contribution in [0.4, 0.5) is 5.69 Å². The normalized spacial score (nSPS) is 10.5. The molecule has 6 heteroatoms. The Hall–Kier alpha value is -2.37. The Bertz CT molecular complexity index is 578. The summed E-state index contributed by atoms with van der Waals surface area (Å²) < 4.78 is 1.52. The summed E-state index contributed by atoms with van der Waals surface area (Å²) in [6.07, 6.45) is 4.97. The van der Waals surface area contributed by atoms with Gasteiger partial charge in [0.05, 0.1) is 12.7 Å². The lowest BCUT2D eigenvalue weighted by molar-refractivity contribution is 0.0690. The second-order valence-electron chi connectivity index (χ2n) is 4.90. The highest BCUT2D eigenvalue weighted by Gasteiger charge is 2.07. The van der Waals surface area contributed by atoms with E-state index >= 15 is 0 Å². The number of unbranched alkanes of at least 4 members (excludes halogenated alkanes) is 1. The molecule has 0 aliphatic rings. The van der Waals surface area contributed by atoms with Gasteiger partial charge in [-0.1, -0.05) is 30.7 Å². The molecule has 2 aromatic rings. The van der Waals surface area contributed by atoms with E-state index in [2.05, 4.69) is 46.8 Å². The number of carboxylic acid groups (broad SMARTS) is 1. The van der Waals surface area contributed by atoms with Gasteiger partial charge in [0.25, 0.3) is 0 Å². The number of carbonyl (C=O) groups is 1. The Morgan fingerprint density at radius 2 is 2.10 bits per heavy atom. The van der Waals surface area contributed by atoms with Gasteiger partial charge in [0.1, 0.15) is 0 Å². The van der Waals surface area contributed by atoms with E-state index in [1.807, 2.05) is 0 Å². The van der Waals surface area contributed by atoms with Crippen molar-refractivity contribution in [3.63, 3.8) is 0 Å². The molecule has 0 amide bonds. The van der Waals surface area contributed by atoms with E-state index in [-0.39, 0.29) is 5.69 Å². The van der Waals surface area contributed by atoms with Crippen LogP contribution in [-0.4, -0.2) is 32.6 Å². The molecule has 0 aliphatic carbocycles. The molecular formula is C15H20N4O2. The van der Waals surface area contributed by atoms with Gasteiger partial charge in [0.2, 0.25) is 0 Å². The number of hydrogen-bond donors (Lipinski definition) is 2. The Balaban J connectivity index is 1.78. The molecule has 112 valence electrons. The monoisotopic (exact) mass is 288 g/mol. The van der Waals surface area contributed by atoms with Crippen molar-refractivity contribution < 1.29 is 9.90 Å². The van der Waals surface area contributed by atoms with Gasteiger partial charge in [-0.2, -0.15) is 0 Å². The lowest BCUT2D eigenvalue weighted by Crippen LogP contribution is -2.11. The quantitative estimate of drug-likeness (QED) is 0.780. The van der Waals surface area contributed by atoms with Gasteiger partial charge >= 0.3 is 5.97 Å². The minimum Gasteiger partial charge on any atom is -0.476 e. The van der Waals surface area contributed by atoms with E-state index in [4.69, 9.17) is 5.11 Å². The summed E-state index contributed by atoms with van der Waals surface area (Å²) in [4.78, 5) is 10.7. The number of carboxylic acids is 1. The van der Waals surface area contributed by atoms with E-state index < -0.39 is 5.97 Å². The van der Waals surface area contributed by atoms with Crippen LogP contribution in [0.5, 0.6) is 0 Å². The maximum atomic E-state index is 10.7. The molecule has 2 rings (SSSR count). The van der Waals surface area contributed by atoms with Crippen molar-refractivity contribution in [2.24, 2.45) is 0 Å². The van der Waals surface area contributed by atoms with Crippen molar-refractivity contribution in [1.82, 2.24) is 15.0 Å². The highest BCUT2D eigenvalue weighted by atomic mass is 16.4. The molecule has 0 saturated heterocycles. The average molecular weight is 288 g/mol. The van der Waals surface area contributed by atoms with Crippen LogP contribution in [0.15, 0.2) is 30.5 Å². The summed E-state index contributed by atoms with van der Waals surface area (Å²) in [5.74, 6) is -1.06. The number of anilines is 1. The van der Waals surface area contributed by atoms with Crippen molar-refractivity contribution in [1.29, 1.82) is 0 Å². The third-order valence-corrected chi connectivity index (χ3v) is 3.20. The van der Waals surface area contributed by atoms with Crippen molar-refractivity contribution in [3.05, 3.63) is 41.7 Å². The first-order chi connectivity index (χ1) is 10.2. The van der Waals surface area contributed by atoms with Crippen molar-refractivity contribution in [2.45, 2.75) is 32.7 Å². The summed E-state index contributed by atoms with van der Waals surface area (Å²) in [5.41, 5.74) is 2.37. The number of aromatic carboxylic acids is 1. The average Bonchev–Trinajstić information content (AvgIpc) is 2.95. The number of aryl methyl sites for hydroxylation is 1. The topological polar surface area (TPSA) is 80.0 Å². The third-order valence-electron chi connectivity index (χ3n) is 3.20. The molecule has 1 aromatic heterocycles. The molecule has 0 unspecified atom stereocenters. The number of rotatable bonds is 8. The molecule has 0 saturated carbocycles. The highest BCUT2D eigenvalue weighted by Crippen LogP contribution is 2.11. The first kappa shape index (κ1) is 15.0. The van der Waals surface area contributed by atoms with E-state index in [1.54, 1.807) is 0 Å². The maximum absolute atomic E-state index is 10.7. The molecule has 0 radical (unpaired) electrons. The van der Waals surface area contributed by atoms with Gasteiger partial charge in [-0.05, 0) is 30.5 Å². The Morgan fingerprint density at radius 3 is 2.71 bits per heavy atom. The lowest BCUT2D eigenvalue weighted by Gasteiger charge is -2.07.